The highest BCUT2D eigenvalue weighted by atomic mass is 31.0. The number of hydrogen-bond acceptors (Lipinski definition) is 4. The highest BCUT2D eigenvalue weighted by molar-refractivity contribution is 7.27. The van der Waals surface area contributed by atoms with Gasteiger partial charge in [-0.25, -0.2) is 9.97 Å². The van der Waals surface area contributed by atoms with E-state index in [0.717, 1.165) is 11.1 Å². The summed E-state index contributed by atoms with van der Waals surface area (Å²) in [5.41, 5.74) is 7.06. The van der Waals surface area contributed by atoms with Gasteiger partial charge in [-0.1, -0.05) is 23.1 Å². The lowest BCUT2D eigenvalue weighted by molar-refractivity contribution is 1.20. The molecule has 0 aliphatic heterocycles. The Balaban J connectivity index is 0.000000561. The lowest BCUT2D eigenvalue weighted by atomic mass is 10.5. The molecule has 0 aromatic carbocycles. The Labute approximate surface area is 75.2 Å². The molecule has 68 valence electrons. The summed E-state index contributed by atoms with van der Waals surface area (Å²) in [7, 11) is 4.25. The molecule has 5 heteroatoms. The van der Waals surface area contributed by atoms with E-state index in [4.69, 9.17) is 5.73 Å². The zero-order valence-electron chi connectivity index (χ0n) is 7.63. The Bertz CT molecular complexity index is 219. The van der Waals surface area contributed by atoms with E-state index in [1.165, 1.54) is 6.33 Å². The van der Waals surface area contributed by atoms with Crippen LogP contribution in [0.5, 0.6) is 0 Å². The fourth-order valence-corrected chi connectivity index (χ4v) is 1.03. The van der Waals surface area contributed by atoms with Crippen LogP contribution in [0.3, 0.4) is 0 Å². The average molecular weight is 186 g/mol. The lowest BCUT2D eigenvalue weighted by Crippen LogP contribution is -2.10. The van der Waals surface area contributed by atoms with E-state index in [2.05, 4.69) is 24.5 Å². The molecule has 0 bridgehead atoms. The van der Waals surface area contributed by atoms with Gasteiger partial charge >= 0.3 is 0 Å². The quantitative estimate of drug-likeness (QED) is 0.631. The summed E-state index contributed by atoms with van der Waals surface area (Å²) in [6.07, 6.45) is 1.43. The van der Waals surface area contributed by atoms with Gasteiger partial charge in [0.2, 0.25) is 0 Å². The Morgan fingerprint density at radius 3 is 2.33 bits per heavy atom. The molecule has 0 saturated carbocycles. The Morgan fingerprint density at radius 1 is 1.42 bits per heavy atom. The molecule has 4 nitrogen and oxygen atoms in total. The number of rotatable bonds is 1. The molecule has 3 N–H and O–H groups in total. The first-order valence-corrected chi connectivity index (χ1v) is 4.37. The number of nitrogens with two attached hydrogens (primary N) is 1. The molecule has 1 atom stereocenters. The number of anilines is 2. The number of nitrogens with one attached hydrogen (secondary N) is 1. The van der Waals surface area contributed by atoms with Crippen molar-refractivity contribution in [3.8, 4) is 0 Å². The molecule has 12 heavy (non-hydrogen) atoms. The molecule has 0 radical (unpaired) electrons. The van der Waals surface area contributed by atoms with E-state index in [1.54, 1.807) is 7.05 Å². The van der Waals surface area contributed by atoms with Crippen LogP contribution in [0.15, 0.2) is 6.33 Å². The van der Waals surface area contributed by atoms with Crippen molar-refractivity contribution in [1.82, 2.24) is 9.97 Å². The molecule has 1 aromatic heterocycles. The van der Waals surface area contributed by atoms with Gasteiger partial charge < -0.3 is 11.1 Å². The third-order valence-corrected chi connectivity index (χ3v) is 1.59. The molecule has 0 aliphatic rings. The van der Waals surface area contributed by atoms with E-state index in [-0.39, 0.29) is 0 Å². The van der Waals surface area contributed by atoms with Crippen LogP contribution in [0.4, 0.5) is 11.5 Å². The number of nitrogens with zero attached hydrogens (tertiary/aromatic N) is 2. The molecule has 0 saturated heterocycles. The van der Waals surface area contributed by atoms with Crippen molar-refractivity contribution in [2.45, 2.75) is 13.8 Å². The van der Waals surface area contributed by atoms with Crippen molar-refractivity contribution in [1.29, 1.82) is 0 Å². The Morgan fingerprint density at radius 2 is 2.00 bits per heavy atom. The number of aromatic nitrogens is 2. The van der Waals surface area contributed by atoms with Crippen LogP contribution in [0.25, 0.3) is 0 Å². The summed E-state index contributed by atoms with van der Waals surface area (Å²) in [5.74, 6) is 0.475. The van der Waals surface area contributed by atoms with Crippen molar-refractivity contribution >= 4 is 26.2 Å². The standard InChI is InChI=1S/C5H9N4P.C2H6/c1-7-3-4(6)8-2-9-5(3)10;1-2/h2,7H,10H2,1H3,(H2,6,8,9);1-2H3. The molecule has 0 fully saturated rings. The third kappa shape index (κ3) is 2.62. The summed E-state index contributed by atoms with van der Waals surface area (Å²) < 4.78 is 0. The van der Waals surface area contributed by atoms with Crippen LogP contribution in [0.2, 0.25) is 0 Å². The molecule has 0 spiro atoms. The molecule has 1 rings (SSSR count). The summed E-state index contributed by atoms with van der Waals surface area (Å²) >= 11 is 0. The maximum absolute atomic E-state index is 5.50. The van der Waals surface area contributed by atoms with Gasteiger partial charge in [-0.2, -0.15) is 0 Å². The molecule has 1 aromatic rings. The zero-order chi connectivity index (χ0) is 9.56. The van der Waals surface area contributed by atoms with E-state index in [9.17, 15) is 0 Å². The fourth-order valence-electron chi connectivity index (χ4n) is 0.670. The van der Waals surface area contributed by atoms with Crippen LogP contribution in [0, 0.1) is 0 Å². The van der Waals surface area contributed by atoms with Gasteiger partial charge in [0, 0.05) is 7.05 Å². The molecular formula is C7H15N4P. The van der Waals surface area contributed by atoms with Gasteiger partial charge in [0.15, 0.2) is 5.82 Å². The largest absolute Gasteiger partial charge is 0.383 e. The van der Waals surface area contributed by atoms with Crippen molar-refractivity contribution in [2.24, 2.45) is 0 Å². The molecule has 0 aliphatic carbocycles. The van der Waals surface area contributed by atoms with Crippen LogP contribution in [0.1, 0.15) is 13.8 Å². The highest BCUT2D eigenvalue weighted by Gasteiger charge is 2.00. The monoisotopic (exact) mass is 186 g/mol. The number of nitrogen functional groups attached to an aromatic ring is 1. The first-order valence-electron chi connectivity index (χ1n) is 3.79. The fraction of sp³-hybridized carbons (Fsp3) is 0.429. The summed E-state index contributed by atoms with van der Waals surface area (Å²) in [6, 6.07) is 0. The Kier molecular flexibility index (Phi) is 5.30. The minimum atomic E-state index is 0.475. The minimum absolute atomic E-state index is 0.475. The summed E-state index contributed by atoms with van der Waals surface area (Å²) in [5, 5.41) is 2.89. The van der Waals surface area contributed by atoms with Crippen molar-refractivity contribution < 1.29 is 0 Å². The molecule has 1 heterocycles. The predicted octanol–water partition coefficient (Wildman–Crippen LogP) is 0.627. The zero-order valence-corrected chi connectivity index (χ0v) is 8.78. The summed E-state index contributed by atoms with van der Waals surface area (Å²) in [4.78, 5) is 7.72. The number of hydrogen-bond donors (Lipinski definition) is 2. The van der Waals surface area contributed by atoms with Gasteiger partial charge in [-0.15, -0.1) is 0 Å². The van der Waals surface area contributed by atoms with Gasteiger partial charge in [0.1, 0.15) is 12.0 Å². The maximum atomic E-state index is 5.50. The second-order valence-corrected chi connectivity index (χ2v) is 2.32. The SMILES string of the molecule is CC.CNc1c(N)ncnc1P. The lowest BCUT2D eigenvalue weighted by Gasteiger charge is -2.04. The van der Waals surface area contributed by atoms with Crippen LogP contribution < -0.4 is 16.5 Å². The van der Waals surface area contributed by atoms with Gasteiger partial charge in [0.25, 0.3) is 0 Å². The predicted molar refractivity (Wildman–Crippen MR) is 56.7 cm³/mol. The first kappa shape index (κ1) is 11.1. The van der Waals surface area contributed by atoms with E-state index < -0.39 is 0 Å². The average Bonchev–Trinajstić information content (AvgIpc) is 2.08. The minimum Gasteiger partial charge on any atom is -0.383 e. The highest BCUT2D eigenvalue weighted by Crippen LogP contribution is 2.10. The normalized spacial score (nSPS) is 8.33. The summed E-state index contributed by atoms with van der Waals surface area (Å²) in [6.45, 7) is 4.00. The van der Waals surface area contributed by atoms with Crippen molar-refractivity contribution in [3.05, 3.63) is 6.33 Å². The van der Waals surface area contributed by atoms with Crippen LogP contribution in [-0.2, 0) is 0 Å². The topological polar surface area (TPSA) is 63.8 Å². The van der Waals surface area contributed by atoms with Crippen LogP contribution in [-0.4, -0.2) is 17.0 Å². The van der Waals surface area contributed by atoms with E-state index in [1.807, 2.05) is 13.8 Å². The van der Waals surface area contributed by atoms with Gasteiger partial charge in [0.05, 0.1) is 5.44 Å². The van der Waals surface area contributed by atoms with Crippen LogP contribution >= 0.6 is 9.24 Å². The maximum Gasteiger partial charge on any atom is 0.150 e. The van der Waals surface area contributed by atoms with Crippen molar-refractivity contribution in [2.75, 3.05) is 18.1 Å². The van der Waals surface area contributed by atoms with Gasteiger partial charge in [-0.05, 0) is 0 Å². The van der Waals surface area contributed by atoms with Gasteiger partial charge in [-0.3, -0.25) is 0 Å². The Hall–Kier alpha value is -0.890. The second kappa shape index (κ2) is 5.72. The third-order valence-electron chi connectivity index (χ3n) is 1.16. The van der Waals surface area contributed by atoms with E-state index in [0.29, 0.717) is 5.82 Å². The second-order valence-electron chi connectivity index (χ2n) is 1.77. The van der Waals surface area contributed by atoms with Crippen molar-refractivity contribution in [3.63, 3.8) is 0 Å². The molecule has 0 amide bonds. The van der Waals surface area contributed by atoms with E-state index >= 15 is 0 Å². The molecular weight excluding hydrogens is 171 g/mol. The molecule has 1 unspecified atom stereocenters. The first-order chi connectivity index (χ1) is 5.75. The smallest absolute Gasteiger partial charge is 0.150 e.